The predicted molar refractivity (Wildman–Crippen MR) is 183 cm³/mol. The number of nitrogens with two attached hydrogens (primary N) is 1. The van der Waals surface area contributed by atoms with Gasteiger partial charge in [0.2, 0.25) is 5.91 Å². The minimum atomic E-state index is -5.08. The van der Waals surface area contributed by atoms with Crippen molar-refractivity contribution in [2.24, 2.45) is 5.73 Å². The van der Waals surface area contributed by atoms with E-state index >= 15 is 0 Å². The molecule has 0 aliphatic rings. The van der Waals surface area contributed by atoms with Gasteiger partial charge < -0.3 is 35.4 Å². The van der Waals surface area contributed by atoms with E-state index < -0.39 is 23.7 Å². The number of benzene rings is 3. The number of nitrogens with one attached hydrogen (secondary N) is 3. The van der Waals surface area contributed by atoms with Crippen molar-refractivity contribution < 1.29 is 32.6 Å². The smallest absolute Gasteiger partial charge is 0.490 e. The number of amides is 1. The number of methoxy groups -OCH3 is 1. The van der Waals surface area contributed by atoms with E-state index in [2.05, 4.69) is 50.3 Å². The topological polar surface area (TPSA) is 164 Å². The number of carbonyl (C=O) groups is 2. The Morgan fingerprint density at radius 1 is 0.880 bits per heavy atom. The number of fused-ring (bicyclic) bond motifs is 2. The van der Waals surface area contributed by atoms with Crippen LogP contribution in [0.1, 0.15) is 48.2 Å². The van der Waals surface area contributed by atoms with E-state index in [1.54, 1.807) is 21.0 Å². The summed E-state index contributed by atoms with van der Waals surface area (Å²) in [7, 11) is 1.67. The number of halogens is 3. The van der Waals surface area contributed by atoms with Crippen LogP contribution in [0.15, 0.2) is 85.2 Å². The Hall–Kier alpha value is -5.63. The van der Waals surface area contributed by atoms with Crippen molar-refractivity contribution in [3.05, 3.63) is 114 Å². The van der Waals surface area contributed by atoms with Crippen LogP contribution in [-0.2, 0) is 35.4 Å². The van der Waals surface area contributed by atoms with Crippen LogP contribution in [0.3, 0.4) is 0 Å². The quantitative estimate of drug-likeness (QED) is 0.114. The van der Waals surface area contributed by atoms with E-state index in [-0.39, 0.29) is 5.91 Å². The lowest BCUT2D eigenvalue weighted by Crippen LogP contribution is -2.50. The highest BCUT2D eigenvalue weighted by Gasteiger charge is 2.38. The van der Waals surface area contributed by atoms with Crippen molar-refractivity contribution >= 4 is 33.7 Å². The first kappa shape index (κ1) is 35.7. The molecule has 0 fully saturated rings. The molecule has 3 aromatic carbocycles. The minimum absolute atomic E-state index is 0.260. The second kappa shape index (κ2) is 14.9. The summed E-state index contributed by atoms with van der Waals surface area (Å²) in [6, 6.07) is 23.9. The summed E-state index contributed by atoms with van der Waals surface area (Å²) in [5.41, 5.74) is 10.6. The second-order valence-electron chi connectivity index (χ2n) is 12.3. The zero-order valence-electron chi connectivity index (χ0n) is 27.7. The highest BCUT2D eigenvalue weighted by atomic mass is 19.4. The Bertz CT molecular complexity index is 2090. The van der Waals surface area contributed by atoms with Crippen LogP contribution in [0.4, 0.5) is 13.2 Å². The molecule has 6 aromatic rings. The summed E-state index contributed by atoms with van der Waals surface area (Å²) >= 11 is 0. The molecule has 6 N–H and O–H groups in total. The first-order valence-corrected chi connectivity index (χ1v) is 15.8. The fourth-order valence-corrected chi connectivity index (χ4v) is 5.62. The molecule has 262 valence electrons. The van der Waals surface area contributed by atoms with Gasteiger partial charge in [-0.15, -0.1) is 10.2 Å². The lowest BCUT2D eigenvalue weighted by Gasteiger charge is -2.25. The van der Waals surface area contributed by atoms with Gasteiger partial charge in [-0.05, 0) is 49.6 Å². The molecule has 3 aromatic heterocycles. The number of carbonyl (C=O) groups excluding carboxylic acids is 1. The van der Waals surface area contributed by atoms with Gasteiger partial charge >= 0.3 is 12.1 Å². The van der Waals surface area contributed by atoms with Gasteiger partial charge in [-0.3, -0.25) is 4.79 Å². The molecule has 0 aliphatic heterocycles. The van der Waals surface area contributed by atoms with Gasteiger partial charge in [-0.25, -0.2) is 4.79 Å². The van der Waals surface area contributed by atoms with E-state index in [0.29, 0.717) is 25.2 Å². The Morgan fingerprint density at radius 2 is 1.44 bits per heavy atom. The Morgan fingerprint density at radius 3 is 2.04 bits per heavy atom. The number of aromatic amines is 2. The van der Waals surface area contributed by atoms with Gasteiger partial charge in [-0.1, -0.05) is 54.6 Å². The molecule has 0 unspecified atom stereocenters. The lowest BCUT2D eigenvalue weighted by molar-refractivity contribution is -0.192. The van der Waals surface area contributed by atoms with Crippen LogP contribution in [-0.4, -0.2) is 60.5 Å². The average Bonchev–Trinajstić information content (AvgIpc) is 3.80. The van der Waals surface area contributed by atoms with Crippen LogP contribution in [0.5, 0.6) is 5.75 Å². The number of aromatic nitrogens is 5. The monoisotopic (exact) mass is 689 g/mol. The van der Waals surface area contributed by atoms with E-state index in [9.17, 15) is 18.0 Å². The van der Waals surface area contributed by atoms with E-state index in [0.717, 1.165) is 45.5 Å². The maximum absolute atomic E-state index is 13.3. The minimum Gasteiger partial charge on any atom is -0.496 e. The van der Waals surface area contributed by atoms with Crippen molar-refractivity contribution in [1.82, 2.24) is 30.0 Å². The van der Waals surface area contributed by atoms with Crippen LogP contribution in [0, 0.1) is 0 Å². The number of ether oxygens (including phenoxy) is 1. The van der Waals surface area contributed by atoms with Crippen molar-refractivity contribution in [2.45, 2.75) is 57.4 Å². The second-order valence-corrected chi connectivity index (χ2v) is 12.3. The molecule has 0 aliphatic carbocycles. The summed E-state index contributed by atoms with van der Waals surface area (Å²) < 4.78 is 39.6. The number of nitrogens with zero attached hydrogens (tertiary/aromatic N) is 3. The van der Waals surface area contributed by atoms with Crippen LogP contribution in [0.25, 0.3) is 21.8 Å². The maximum atomic E-state index is 13.3. The SMILES string of the molecule is COc1ccccc1Cn1c(CCc2c[nH]c3ccccc23)nnc1[C@@H](Cc1c[nH]c2ccccc12)NC(=O)C(C)(C)N.O=C(O)C(F)(F)F. The van der Waals surface area contributed by atoms with E-state index in [1.165, 1.54) is 10.9 Å². The molecule has 14 heteroatoms. The van der Waals surface area contributed by atoms with Gasteiger partial charge in [0.1, 0.15) is 11.6 Å². The third-order valence-electron chi connectivity index (χ3n) is 8.21. The molecule has 1 amide bonds. The molecule has 50 heavy (non-hydrogen) atoms. The van der Waals surface area contributed by atoms with Crippen LogP contribution < -0.4 is 15.8 Å². The van der Waals surface area contributed by atoms with Crippen molar-refractivity contribution in [3.8, 4) is 5.75 Å². The van der Waals surface area contributed by atoms with Crippen molar-refractivity contribution in [1.29, 1.82) is 0 Å². The number of carboxylic acids is 1. The van der Waals surface area contributed by atoms with Crippen molar-refractivity contribution in [3.63, 3.8) is 0 Å². The summed E-state index contributed by atoms with van der Waals surface area (Å²) in [5, 5.41) is 22.1. The normalized spacial score (nSPS) is 12.4. The molecule has 0 bridgehead atoms. The number of aryl methyl sites for hydroxylation is 2. The Labute approximate surface area is 285 Å². The highest BCUT2D eigenvalue weighted by molar-refractivity contribution is 5.86. The molecule has 0 spiro atoms. The molecule has 0 saturated carbocycles. The number of hydrogen-bond acceptors (Lipinski definition) is 6. The number of aliphatic carboxylic acids is 1. The predicted octanol–water partition coefficient (Wildman–Crippen LogP) is 5.85. The third-order valence-corrected chi connectivity index (χ3v) is 8.21. The first-order valence-electron chi connectivity index (χ1n) is 15.8. The van der Waals surface area contributed by atoms with E-state index in [4.69, 9.17) is 30.6 Å². The number of alkyl halides is 3. The lowest BCUT2D eigenvalue weighted by atomic mass is 10.0. The zero-order valence-corrected chi connectivity index (χ0v) is 27.7. The molecule has 3 heterocycles. The fraction of sp³-hybridized carbons (Fsp3) is 0.278. The number of hydrogen-bond donors (Lipinski definition) is 5. The highest BCUT2D eigenvalue weighted by Crippen LogP contribution is 2.28. The number of rotatable bonds is 11. The van der Waals surface area contributed by atoms with Crippen LogP contribution >= 0.6 is 0 Å². The number of para-hydroxylation sites is 3. The first-order chi connectivity index (χ1) is 23.8. The summed E-state index contributed by atoms with van der Waals surface area (Å²) in [4.78, 5) is 28.9. The average molecular weight is 690 g/mol. The molecule has 11 nitrogen and oxygen atoms in total. The molecule has 6 rings (SSSR count). The summed E-state index contributed by atoms with van der Waals surface area (Å²) in [6.07, 6.45) is 0.938. The van der Waals surface area contributed by atoms with Gasteiger partial charge in [0.15, 0.2) is 5.82 Å². The maximum Gasteiger partial charge on any atom is 0.490 e. The Balaban J connectivity index is 0.000000630. The van der Waals surface area contributed by atoms with Crippen LogP contribution in [0.2, 0.25) is 0 Å². The largest absolute Gasteiger partial charge is 0.496 e. The molecular formula is C36H38F3N7O4. The van der Waals surface area contributed by atoms with Gasteiger partial charge in [0.05, 0.1) is 25.2 Å². The Kier molecular flexibility index (Phi) is 10.6. The molecular weight excluding hydrogens is 651 g/mol. The molecule has 0 radical (unpaired) electrons. The number of carboxylic acid groups (broad SMARTS) is 1. The fourth-order valence-electron chi connectivity index (χ4n) is 5.62. The van der Waals surface area contributed by atoms with Gasteiger partial charge in [-0.2, -0.15) is 13.2 Å². The molecule has 1 atom stereocenters. The molecule has 0 saturated heterocycles. The van der Waals surface area contributed by atoms with E-state index in [1.807, 2.05) is 54.7 Å². The third kappa shape index (κ3) is 8.32. The standard InChI is InChI=1S/C34H37N7O2.C2HF3O2/c1-34(2,35)33(42)38-29(18-24-20-37-28-14-8-6-12-26(24)28)32-40-39-31(41(32)21-23-10-4-9-15-30(23)43-3)17-16-22-19-36-27-13-7-5-11-25(22)27;3-2(4,5)1(6)7/h4-15,19-20,29,36-37H,16-18,21,35H2,1-3H3,(H,38,42);(H,6,7)/t29-;/m1./s1. The summed E-state index contributed by atoms with van der Waals surface area (Å²) in [5.74, 6) is -0.735. The van der Waals surface area contributed by atoms with Gasteiger partial charge in [0, 0.05) is 52.6 Å². The summed E-state index contributed by atoms with van der Waals surface area (Å²) in [6.45, 7) is 3.90. The van der Waals surface area contributed by atoms with Gasteiger partial charge in [0.25, 0.3) is 0 Å². The number of H-pyrrole nitrogens is 2. The zero-order chi connectivity index (χ0) is 36.1. The van der Waals surface area contributed by atoms with Crippen molar-refractivity contribution in [2.75, 3.05) is 7.11 Å².